The maximum Gasteiger partial charge on any atom is 0.0797 e. The molecule has 0 radical (unpaired) electrons. The van der Waals surface area contributed by atoms with Crippen molar-refractivity contribution in [1.29, 1.82) is 0 Å². The number of nitrogens with one attached hydrogen (secondary N) is 1. The van der Waals surface area contributed by atoms with Gasteiger partial charge in [-0.15, -0.1) is 11.3 Å². The highest BCUT2D eigenvalue weighted by Crippen LogP contribution is 2.13. The van der Waals surface area contributed by atoms with Crippen molar-refractivity contribution in [2.75, 3.05) is 19.7 Å². The topological polar surface area (TPSA) is 34.1 Å². The fourth-order valence-electron chi connectivity index (χ4n) is 1.65. The zero-order valence-electron chi connectivity index (χ0n) is 8.45. The SMILES string of the molecule is Cc1ncsc1CCO[C@H]1CCNC1. The van der Waals surface area contributed by atoms with E-state index in [9.17, 15) is 0 Å². The van der Waals surface area contributed by atoms with Crippen molar-refractivity contribution in [1.82, 2.24) is 10.3 Å². The number of aromatic nitrogens is 1. The summed E-state index contributed by atoms with van der Waals surface area (Å²) < 4.78 is 5.75. The maximum atomic E-state index is 5.75. The van der Waals surface area contributed by atoms with Crippen LogP contribution >= 0.6 is 11.3 Å². The van der Waals surface area contributed by atoms with Gasteiger partial charge in [0.2, 0.25) is 0 Å². The number of thiazole rings is 1. The van der Waals surface area contributed by atoms with E-state index in [2.05, 4.69) is 17.2 Å². The van der Waals surface area contributed by atoms with E-state index in [0.29, 0.717) is 6.10 Å². The Hall–Kier alpha value is -0.450. The largest absolute Gasteiger partial charge is 0.376 e. The van der Waals surface area contributed by atoms with Crippen LogP contribution in [0.4, 0.5) is 0 Å². The third kappa shape index (κ3) is 2.53. The van der Waals surface area contributed by atoms with Crippen LogP contribution in [-0.4, -0.2) is 30.8 Å². The first-order valence-corrected chi connectivity index (χ1v) is 5.95. The zero-order chi connectivity index (χ0) is 9.80. The van der Waals surface area contributed by atoms with Gasteiger partial charge in [-0.05, 0) is 19.9 Å². The lowest BCUT2D eigenvalue weighted by Gasteiger charge is -2.09. The average Bonchev–Trinajstić information content (AvgIpc) is 2.78. The Morgan fingerprint density at radius 2 is 2.64 bits per heavy atom. The van der Waals surface area contributed by atoms with Crippen molar-refractivity contribution in [3.8, 4) is 0 Å². The second-order valence-electron chi connectivity index (χ2n) is 3.60. The second-order valence-corrected chi connectivity index (χ2v) is 4.54. The molecule has 0 amide bonds. The summed E-state index contributed by atoms with van der Waals surface area (Å²) in [6.07, 6.45) is 2.59. The number of nitrogens with zero attached hydrogens (tertiary/aromatic N) is 1. The molecule has 1 aromatic rings. The highest BCUT2D eigenvalue weighted by Gasteiger charge is 2.14. The van der Waals surface area contributed by atoms with Gasteiger partial charge in [-0.1, -0.05) is 0 Å². The minimum absolute atomic E-state index is 0.434. The van der Waals surface area contributed by atoms with Gasteiger partial charge in [0, 0.05) is 17.8 Å². The molecule has 2 heterocycles. The highest BCUT2D eigenvalue weighted by atomic mass is 32.1. The molecule has 0 unspecified atom stereocenters. The van der Waals surface area contributed by atoms with Crippen LogP contribution in [0.15, 0.2) is 5.51 Å². The summed E-state index contributed by atoms with van der Waals surface area (Å²) in [6.45, 7) is 5.00. The lowest BCUT2D eigenvalue weighted by molar-refractivity contribution is 0.0697. The molecule has 0 aromatic carbocycles. The van der Waals surface area contributed by atoms with Crippen molar-refractivity contribution in [3.63, 3.8) is 0 Å². The van der Waals surface area contributed by atoms with E-state index in [1.807, 2.05) is 5.51 Å². The Morgan fingerprint density at radius 3 is 3.29 bits per heavy atom. The molecule has 4 heteroatoms. The van der Waals surface area contributed by atoms with Gasteiger partial charge in [0.05, 0.1) is 23.9 Å². The summed E-state index contributed by atoms with van der Waals surface area (Å²) >= 11 is 1.73. The van der Waals surface area contributed by atoms with Crippen LogP contribution in [-0.2, 0) is 11.2 Å². The minimum Gasteiger partial charge on any atom is -0.376 e. The Kier molecular flexibility index (Phi) is 3.50. The van der Waals surface area contributed by atoms with Crippen LogP contribution in [0.1, 0.15) is 17.0 Å². The first-order chi connectivity index (χ1) is 6.86. The first kappa shape index (κ1) is 10.1. The fourth-order valence-corrected chi connectivity index (χ4v) is 2.42. The molecule has 1 aliphatic rings. The van der Waals surface area contributed by atoms with E-state index in [1.54, 1.807) is 11.3 Å². The fraction of sp³-hybridized carbons (Fsp3) is 0.700. The standard InChI is InChI=1S/C10H16N2OS/c1-8-10(14-7-12-8)3-5-13-9-2-4-11-6-9/h7,9,11H,2-6H2,1H3/t9-/m0/s1. The van der Waals surface area contributed by atoms with Crippen molar-refractivity contribution >= 4 is 11.3 Å². The predicted octanol–water partition coefficient (Wildman–Crippen LogP) is 1.37. The number of rotatable bonds is 4. The Morgan fingerprint density at radius 1 is 1.71 bits per heavy atom. The monoisotopic (exact) mass is 212 g/mol. The van der Waals surface area contributed by atoms with Crippen LogP contribution in [0.25, 0.3) is 0 Å². The maximum absolute atomic E-state index is 5.75. The first-order valence-electron chi connectivity index (χ1n) is 5.07. The second kappa shape index (κ2) is 4.87. The lowest BCUT2D eigenvalue weighted by atomic mass is 10.3. The van der Waals surface area contributed by atoms with Gasteiger partial charge >= 0.3 is 0 Å². The zero-order valence-corrected chi connectivity index (χ0v) is 9.27. The van der Waals surface area contributed by atoms with Gasteiger partial charge in [-0.25, -0.2) is 4.98 Å². The number of aryl methyl sites for hydroxylation is 1. The normalized spacial score (nSPS) is 21.6. The molecule has 14 heavy (non-hydrogen) atoms. The molecular weight excluding hydrogens is 196 g/mol. The van der Waals surface area contributed by atoms with E-state index < -0.39 is 0 Å². The molecule has 1 aliphatic heterocycles. The van der Waals surface area contributed by atoms with E-state index in [4.69, 9.17) is 4.74 Å². The molecule has 1 atom stereocenters. The summed E-state index contributed by atoms with van der Waals surface area (Å²) in [7, 11) is 0. The van der Waals surface area contributed by atoms with E-state index in [0.717, 1.165) is 38.2 Å². The van der Waals surface area contributed by atoms with Crippen LogP contribution < -0.4 is 5.32 Å². The van der Waals surface area contributed by atoms with Crippen LogP contribution in [0.2, 0.25) is 0 Å². The molecule has 78 valence electrons. The number of hydrogen-bond acceptors (Lipinski definition) is 4. The van der Waals surface area contributed by atoms with E-state index in [1.165, 1.54) is 4.88 Å². The third-order valence-electron chi connectivity index (χ3n) is 2.54. The van der Waals surface area contributed by atoms with Crippen molar-refractivity contribution in [3.05, 3.63) is 16.1 Å². The molecule has 3 nitrogen and oxygen atoms in total. The summed E-state index contributed by atoms with van der Waals surface area (Å²) in [5, 5.41) is 3.29. The molecule has 1 aromatic heterocycles. The van der Waals surface area contributed by atoms with E-state index >= 15 is 0 Å². The van der Waals surface area contributed by atoms with Gasteiger partial charge in [-0.3, -0.25) is 0 Å². The Balaban J connectivity index is 1.70. The Labute approximate surface area is 88.5 Å². The lowest BCUT2D eigenvalue weighted by Crippen LogP contribution is -2.17. The van der Waals surface area contributed by atoms with Crippen molar-refractivity contribution in [2.24, 2.45) is 0 Å². The molecular formula is C10H16N2OS. The minimum atomic E-state index is 0.434. The molecule has 1 N–H and O–H groups in total. The summed E-state index contributed by atoms with van der Waals surface area (Å²) in [5.41, 5.74) is 3.06. The third-order valence-corrected chi connectivity index (χ3v) is 3.54. The van der Waals surface area contributed by atoms with Gasteiger partial charge < -0.3 is 10.1 Å². The summed E-state index contributed by atoms with van der Waals surface area (Å²) in [6, 6.07) is 0. The number of ether oxygens (including phenoxy) is 1. The van der Waals surface area contributed by atoms with Gasteiger partial charge in [0.1, 0.15) is 0 Å². The molecule has 0 bridgehead atoms. The van der Waals surface area contributed by atoms with Gasteiger partial charge in [-0.2, -0.15) is 0 Å². The molecule has 0 spiro atoms. The average molecular weight is 212 g/mol. The van der Waals surface area contributed by atoms with Crippen molar-refractivity contribution in [2.45, 2.75) is 25.9 Å². The molecule has 0 saturated carbocycles. The molecule has 1 fully saturated rings. The molecule has 0 aliphatic carbocycles. The highest BCUT2D eigenvalue weighted by molar-refractivity contribution is 7.09. The molecule has 2 rings (SSSR count). The quantitative estimate of drug-likeness (QED) is 0.818. The smallest absolute Gasteiger partial charge is 0.0797 e. The summed E-state index contributed by atoms with van der Waals surface area (Å²) in [4.78, 5) is 5.58. The predicted molar refractivity (Wildman–Crippen MR) is 57.8 cm³/mol. The van der Waals surface area contributed by atoms with Crippen molar-refractivity contribution < 1.29 is 4.74 Å². The Bertz CT molecular complexity index is 281. The van der Waals surface area contributed by atoms with Gasteiger partial charge in [0.15, 0.2) is 0 Å². The summed E-state index contributed by atoms with van der Waals surface area (Å²) in [5.74, 6) is 0. The van der Waals surface area contributed by atoms with E-state index in [-0.39, 0.29) is 0 Å². The van der Waals surface area contributed by atoms with Crippen LogP contribution in [0.5, 0.6) is 0 Å². The van der Waals surface area contributed by atoms with Crippen LogP contribution in [0, 0.1) is 6.92 Å². The van der Waals surface area contributed by atoms with Crippen LogP contribution in [0.3, 0.4) is 0 Å². The number of hydrogen-bond donors (Lipinski definition) is 1. The van der Waals surface area contributed by atoms with Gasteiger partial charge in [0.25, 0.3) is 0 Å². The molecule has 1 saturated heterocycles.